The number of carboxylic acids is 1. The van der Waals surface area contributed by atoms with Crippen molar-refractivity contribution in [3.05, 3.63) is 82.7 Å². The van der Waals surface area contributed by atoms with Crippen LogP contribution in [0.2, 0.25) is 0 Å². The molecule has 4 rings (SSSR count). The molecule has 1 amide bonds. The van der Waals surface area contributed by atoms with E-state index in [0.717, 1.165) is 12.1 Å². The molecule has 0 saturated heterocycles. The number of ether oxygens (including phenoxy) is 1. The van der Waals surface area contributed by atoms with E-state index in [0.29, 0.717) is 30.2 Å². The fraction of sp³-hybridized carbons (Fsp3) is 0.357. The zero-order chi connectivity index (χ0) is 28.5. The SMILES string of the molecule is CC[C@H](C)n1c(CCOc2ccc(F)cc2F)ccc1C(=O)Nc1cc([C@H]2C[C@H]2C(=O)O)ccc1C(F)(F)F. The van der Waals surface area contributed by atoms with Crippen molar-refractivity contribution in [2.45, 2.75) is 51.2 Å². The van der Waals surface area contributed by atoms with Crippen LogP contribution >= 0.6 is 0 Å². The molecule has 1 saturated carbocycles. The Hall–Kier alpha value is -3.89. The minimum absolute atomic E-state index is 0.0104. The molecule has 2 N–H and O–H groups in total. The summed E-state index contributed by atoms with van der Waals surface area (Å²) in [7, 11) is 0. The molecule has 1 aliphatic carbocycles. The van der Waals surface area contributed by atoms with Crippen LogP contribution in [-0.4, -0.2) is 28.2 Å². The molecule has 1 aliphatic rings. The van der Waals surface area contributed by atoms with Gasteiger partial charge < -0.3 is 19.7 Å². The Morgan fingerprint density at radius 2 is 1.87 bits per heavy atom. The van der Waals surface area contributed by atoms with E-state index >= 15 is 0 Å². The van der Waals surface area contributed by atoms with Crippen LogP contribution in [0.5, 0.6) is 5.75 Å². The predicted molar refractivity (Wildman–Crippen MR) is 133 cm³/mol. The van der Waals surface area contributed by atoms with E-state index in [-0.39, 0.29) is 30.5 Å². The number of aromatic nitrogens is 1. The molecule has 0 bridgehead atoms. The number of halogens is 5. The number of amides is 1. The first-order valence-electron chi connectivity index (χ1n) is 12.4. The summed E-state index contributed by atoms with van der Waals surface area (Å²) in [6.07, 6.45) is -3.57. The first-order chi connectivity index (χ1) is 18.4. The number of anilines is 1. The van der Waals surface area contributed by atoms with E-state index in [4.69, 9.17) is 4.74 Å². The monoisotopic (exact) mass is 550 g/mol. The lowest BCUT2D eigenvalue weighted by Gasteiger charge is -2.21. The van der Waals surface area contributed by atoms with E-state index < -0.39 is 52.8 Å². The summed E-state index contributed by atoms with van der Waals surface area (Å²) in [5.41, 5.74) is -0.308. The van der Waals surface area contributed by atoms with Crippen molar-refractivity contribution in [3.8, 4) is 5.75 Å². The Labute approximate surface area is 221 Å². The van der Waals surface area contributed by atoms with Crippen molar-refractivity contribution in [2.24, 2.45) is 5.92 Å². The highest BCUT2D eigenvalue weighted by Gasteiger charge is 2.45. The third-order valence-corrected chi connectivity index (χ3v) is 6.91. The lowest BCUT2D eigenvalue weighted by Crippen LogP contribution is -2.22. The fourth-order valence-corrected chi connectivity index (χ4v) is 4.61. The lowest BCUT2D eigenvalue weighted by atomic mass is 10.0. The quantitative estimate of drug-likeness (QED) is 0.272. The second-order valence-electron chi connectivity index (χ2n) is 9.55. The molecule has 0 aliphatic heterocycles. The van der Waals surface area contributed by atoms with Crippen molar-refractivity contribution >= 4 is 17.6 Å². The number of hydrogen-bond acceptors (Lipinski definition) is 3. The number of carbonyl (C=O) groups excluding carboxylic acids is 1. The lowest BCUT2D eigenvalue weighted by molar-refractivity contribution is -0.139. The summed E-state index contributed by atoms with van der Waals surface area (Å²) in [6.45, 7) is 3.75. The Bertz CT molecular complexity index is 1380. The second kappa shape index (κ2) is 11.1. The molecule has 3 aromatic rings. The molecule has 0 radical (unpaired) electrons. The van der Waals surface area contributed by atoms with Crippen LogP contribution in [0, 0.1) is 17.6 Å². The number of nitrogens with one attached hydrogen (secondary N) is 1. The van der Waals surface area contributed by atoms with Crippen LogP contribution < -0.4 is 10.1 Å². The first kappa shape index (κ1) is 28.1. The number of aliphatic carboxylic acids is 1. The van der Waals surface area contributed by atoms with Gasteiger partial charge in [-0.15, -0.1) is 0 Å². The first-order valence-corrected chi connectivity index (χ1v) is 12.4. The van der Waals surface area contributed by atoms with Gasteiger partial charge in [-0.1, -0.05) is 13.0 Å². The maximum atomic E-state index is 13.9. The number of carbonyl (C=O) groups is 2. The molecule has 0 spiro atoms. The Kier molecular flexibility index (Phi) is 7.99. The van der Waals surface area contributed by atoms with E-state index in [9.17, 15) is 36.6 Å². The van der Waals surface area contributed by atoms with Gasteiger partial charge in [-0.2, -0.15) is 13.2 Å². The van der Waals surface area contributed by atoms with Gasteiger partial charge in [0.05, 0.1) is 23.8 Å². The van der Waals surface area contributed by atoms with Gasteiger partial charge in [0.25, 0.3) is 5.91 Å². The van der Waals surface area contributed by atoms with Gasteiger partial charge in [-0.05, 0) is 67.6 Å². The molecular weight excluding hydrogens is 523 g/mol. The zero-order valence-electron chi connectivity index (χ0n) is 21.2. The molecule has 208 valence electrons. The molecular formula is C28H27F5N2O4. The third-order valence-electron chi connectivity index (χ3n) is 6.91. The topological polar surface area (TPSA) is 80.6 Å². The molecule has 6 nitrogen and oxygen atoms in total. The van der Waals surface area contributed by atoms with Gasteiger partial charge in [0.15, 0.2) is 11.6 Å². The number of carboxylic acid groups (broad SMARTS) is 1. The molecule has 1 heterocycles. The third kappa shape index (κ3) is 6.23. The van der Waals surface area contributed by atoms with E-state index in [1.165, 1.54) is 24.3 Å². The summed E-state index contributed by atoms with van der Waals surface area (Å²) >= 11 is 0. The minimum Gasteiger partial charge on any atom is -0.490 e. The Balaban J connectivity index is 1.57. The maximum absolute atomic E-state index is 13.9. The van der Waals surface area contributed by atoms with Gasteiger partial charge in [-0.25, -0.2) is 8.78 Å². The number of hydrogen-bond donors (Lipinski definition) is 2. The van der Waals surface area contributed by atoms with Gasteiger partial charge >= 0.3 is 12.1 Å². The van der Waals surface area contributed by atoms with E-state index in [1.807, 2.05) is 13.8 Å². The normalized spacial score (nSPS) is 17.5. The van der Waals surface area contributed by atoms with Gasteiger partial charge in [-0.3, -0.25) is 9.59 Å². The molecule has 1 fully saturated rings. The van der Waals surface area contributed by atoms with Crippen LogP contribution in [0.1, 0.15) is 66.0 Å². The highest BCUT2D eigenvalue weighted by molar-refractivity contribution is 6.04. The van der Waals surface area contributed by atoms with Crippen LogP contribution in [0.3, 0.4) is 0 Å². The summed E-state index contributed by atoms with van der Waals surface area (Å²) in [6, 6.07) is 9.17. The summed E-state index contributed by atoms with van der Waals surface area (Å²) in [5.74, 6) is -4.58. The van der Waals surface area contributed by atoms with Crippen molar-refractivity contribution in [1.82, 2.24) is 4.57 Å². The number of benzene rings is 2. The van der Waals surface area contributed by atoms with E-state index in [2.05, 4.69) is 5.32 Å². The van der Waals surface area contributed by atoms with Crippen molar-refractivity contribution in [1.29, 1.82) is 0 Å². The Morgan fingerprint density at radius 3 is 2.49 bits per heavy atom. The van der Waals surface area contributed by atoms with Crippen LogP contribution in [-0.2, 0) is 17.4 Å². The molecule has 11 heteroatoms. The van der Waals surface area contributed by atoms with Crippen LogP contribution in [0.25, 0.3) is 0 Å². The maximum Gasteiger partial charge on any atom is 0.418 e. The standard InChI is InChI=1S/C28H27F5N2O4/c1-3-15(2)35-18(10-11-39-25-9-5-17(29)13-22(25)30)6-8-24(35)26(36)34-23-12-16(19-14-20(19)27(37)38)4-7-21(23)28(31,32)33/h4-9,12-13,15,19-20H,3,10-11,14H2,1-2H3,(H,34,36)(H,37,38)/t15-,19+,20+/m0/s1. The average molecular weight is 551 g/mol. The summed E-state index contributed by atoms with van der Waals surface area (Å²) in [5, 5.41) is 11.6. The highest BCUT2D eigenvalue weighted by Crippen LogP contribution is 2.49. The van der Waals surface area contributed by atoms with Gasteiger partial charge in [0.2, 0.25) is 0 Å². The highest BCUT2D eigenvalue weighted by atomic mass is 19.4. The van der Waals surface area contributed by atoms with Gasteiger partial charge in [0.1, 0.15) is 11.5 Å². The zero-order valence-corrected chi connectivity index (χ0v) is 21.2. The molecule has 2 aromatic carbocycles. The molecule has 1 aromatic heterocycles. The molecule has 39 heavy (non-hydrogen) atoms. The summed E-state index contributed by atoms with van der Waals surface area (Å²) in [4.78, 5) is 24.5. The number of rotatable bonds is 10. The minimum atomic E-state index is -4.74. The Morgan fingerprint density at radius 1 is 1.13 bits per heavy atom. The summed E-state index contributed by atoms with van der Waals surface area (Å²) < 4.78 is 75.3. The van der Waals surface area contributed by atoms with E-state index in [1.54, 1.807) is 10.6 Å². The van der Waals surface area contributed by atoms with Crippen molar-refractivity contribution < 1.29 is 41.4 Å². The number of alkyl halides is 3. The second-order valence-corrected chi connectivity index (χ2v) is 9.55. The largest absolute Gasteiger partial charge is 0.490 e. The molecule has 3 atom stereocenters. The van der Waals surface area contributed by atoms with Crippen LogP contribution in [0.4, 0.5) is 27.6 Å². The fourth-order valence-electron chi connectivity index (χ4n) is 4.61. The average Bonchev–Trinajstić information content (AvgIpc) is 3.57. The van der Waals surface area contributed by atoms with Crippen LogP contribution in [0.15, 0.2) is 48.5 Å². The van der Waals surface area contributed by atoms with Crippen molar-refractivity contribution in [2.75, 3.05) is 11.9 Å². The predicted octanol–water partition coefficient (Wildman–Crippen LogP) is 6.82. The van der Waals surface area contributed by atoms with Crippen molar-refractivity contribution in [3.63, 3.8) is 0 Å². The molecule has 0 unspecified atom stereocenters. The smallest absolute Gasteiger partial charge is 0.418 e. The van der Waals surface area contributed by atoms with Gasteiger partial charge in [0, 0.05) is 24.2 Å². The number of nitrogens with zero attached hydrogens (tertiary/aromatic N) is 1.